The fourth-order valence-corrected chi connectivity index (χ4v) is 3.64. The molecule has 0 amide bonds. The SMILES string of the molecule is COc1c(OCc2ccccc2)cc2c(c1C)OC(=O)C1CCCN21. The standard InChI is InChI=1S/C20H21NO4/c1-13-18-16(21-10-6-9-15(21)20(22)25-18)11-17(19(13)23-2)24-12-14-7-4-3-5-8-14/h3-5,7-8,11,15H,6,9-10,12H2,1-2H3. The highest BCUT2D eigenvalue weighted by molar-refractivity contribution is 5.90. The molecule has 0 saturated carbocycles. The number of esters is 1. The third-order valence-corrected chi connectivity index (χ3v) is 4.88. The van der Waals surface area contributed by atoms with Gasteiger partial charge in [0.15, 0.2) is 17.2 Å². The van der Waals surface area contributed by atoms with Crippen molar-refractivity contribution in [2.45, 2.75) is 32.4 Å². The summed E-state index contributed by atoms with van der Waals surface area (Å²) in [6.45, 7) is 3.21. The maximum absolute atomic E-state index is 12.3. The molecular formula is C20H21NO4. The second-order valence-electron chi connectivity index (χ2n) is 6.43. The third-order valence-electron chi connectivity index (χ3n) is 4.88. The molecule has 5 nitrogen and oxygen atoms in total. The number of rotatable bonds is 4. The summed E-state index contributed by atoms with van der Waals surface area (Å²) in [5.41, 5.74) is 2.80. The van der Waals surface area contributed by atoms with Crippen molar-refractivity contribution in [2.24, 2.45) is 0 Å². The number of carbonyl (C=O) groups excluding carboxylic acids is 1. The molecule has 0 spiro atoms. The van der Waals surface area contributed by atoms with Crippen LogP contribution in [0.15, 0.2) is 36.4 Å². The summed E-state index contributed by atoms with van der Waals surface area (Å²) in [6.07, 6.45) is 1.83. The maximum atomic E-state index is 12.3. The van der Waals surface area contributed by atoms with Gasteiger partial charge in [-0.2, -0.15) is 0 Å². The van der Waals surface area contributed by atoms with E-state index in [2.05, 4.69) is 4.90 Å². The Morgan fingerprint density at radius 3 is 2.84 bits per heavy atom. The van der Waals surface area contributed by atoms with Crippen LogP contribution in [0.5, 0.6) is 17.2 Å². The van der Waals surface area contributed by atoms with Crippen LogP contribution in [-0.2, 0) is 11.4 Å². The van der Waals surface area contributed by atoms with Gasteiger partial charge >= 0.3 is 5.97 Å². The van der Waals surface area contributed by atoms with Crippen LogP contribution in [0.3, 0.4) is 0 Å². The van der Waals surface area contributed by atoms with E-state index in [-0.39, 0.29) is 12.0 Å². The Labute approximate surface area is 147 Å². The van der Waals surface area contributed by atoms with Crippen molar-refractivity contribution in [1.82, 2.24) is 0 Å². The molecule has 1 saturated heterocycles. The van der Waals surface area contributed by atoms with Gasteiger partial charge in [0, 0.05) is 18.2 Å². The average molecular weight is 339 g/mol. The summed E-state index contributed by atoms with van der Waals surface area (Å²) >= 11 is 0. The Morgan fingerprint density at radius 2 is 2.08 bits per heavy atom. The molecule has 2 heterocycles. The molecule has 0 aliphatic carbocycles. The average Bonchev–Trinajstić information content (AvgIpc) is 3.13. The van der Waals surface area contributed by atoms with E-state index >= 15 is 0 Å². The Bertz CT molecular complexity index is 803. The molecule has 2 aliphatic rings. The van der Waals surface area contributed by atoms with E-state index in [1.165, 1.54) is 0 Å². The van der Waals surface area contributed by atoms with Crippen molar-refractivity contribution in [3.05, 3.63) is 47.5 Å². The topological polar surface area (TPSA) is 48.0 Å². The number of hydrogen-bond donors (Lipinski definition) is 0. The molecule has 1 fully saturated rings. The number of methoxy groups -OCH3 is 1. The summed E-state index contributed by atoms with van der Waals surface area (Å²) in [5.74, 6) is 1.70. The van der Waals surface area contributed by atoms with Crippen LogP contribution in [0, 0.1) is 6.92 Å². The number of nitrogens with zero attached hydrogens (tertiary/aromatic N) is 1. The van der Waals surface area contributed by atoms with Crippen molar-refractivity contribution in [3.63, 3.8) is 0 Å². The Morgan fingerprint density at radius 1 is 1.28 bits per heavy atom. The van der Waals surface area contributed by atoms with E-state index in [1.54, 1.807) is 7.11 Å². The highest BCUT2D eigenvalue weighted by Gasteiger charge is 2.40. The van der Waals surface area contributed by atoms with Gasteiger partial charge < -0.3 is 19.1 Å². The lowest BCUT2D eigenvalue weighted by atomic mass is 10.1. The van der Waals surface area contributed by atoms with Crippen molar-refractivity contribution in [2.75, 3.05) is 18.6 Å². The summed E-state index contributed by atoms with van der Waals surface area (Å²) in [7, 11) is 1.60. The second-order valence-corrected chi connectivity index (χ2v) is 6.43. The lowest BCUT2D eigenvalue weighted by molar-refractivity contribution is -0.136. The zero-order valence-corrected chi connectivity index (χ0v) is 14.5. The van der Waals surface area contributed by atoms with Gasteiger partial charge in [-0.1, -0.05) is 30.3 Å². The first-order valence-electron chi connectivity index (χ1n) is 8.55. The minimum Gasteiger partial charge on any atom is -0.492 e. The van der Waals surface area contributed by atoms with E-state index < -0.39 is 0 Å². The lowest BCUT2D eigenvalue weighted by Gasteiger charge is -2.33. The zero-order valence-electron chi connectivity index (χ0n) is 14.5. The van der Waals surface area contributed by atoms with E-state index in [4.69, 9.17) is 14.2 Å². The monoisotopic (exact) mass is 339 g/mol. The van der Waals surface area contributed by atoms with Gasteiger partial charge in [0.05, 0.1) is 12.8 Å². The van der Waals surface area contributed by atoms with E-state index in [9.17, 15) is 4.79 Å². The molecule has 25 heavy (non-hydrogen) atoms. The van der Waals surface area contributed by atoms with Crippen molar-refractivity contribution < 1.29 is 19.0 Å². The number of anilines is 1. The molecule has 1 unspecified atom stereocenters. The molecule has 2 aromatic carbocycles. The highest BCUT2D eigenvalue weighted by Crippen LogP contribution is 2.48. The number of fused-ring (bicyclic) bond motifs is 3. The Hall–Kier alpha value is -2.69. The normalized spacial score (nSPS) is 18.4. The van der Waals surface area contributed by atoms with Crippen molar-refractivity contribution in [1.29, 1.82) is 0 Å². The van der Waals surface area contributed by atoms with Crippen molar-refractivity contribution >= 4 is 11.7 Å². The summed E-state index contributed by atoms with van der Waals surface area (Å²) in [4.78, 5) is 14.4. The van der Waals surface area contributed by atoms with Gasteiger partial charge in [0.1, 0.15) is 12.6 Å². The van der Waals surface area contributed by atoms with E-state index in [1.807, 2.05) is 43.3 Å². The number of ether oxygens (including phenoxy) is 3. The molecule has 130 valence electrons. The van der Waals surface area contributed by atoms with Gasteiger partial charge in [0.25, 0.3) is 0 Å². The first-order chi connectivity index (χ1) is 12.2. The fourth-order valence-electron chi connectivity index (χ4n) is 3.64. The molecule has 5 heteroatoms. The van der Waals surface area contributed by atoms with Crippen LogP contribution in [-0.4, -0.2) is 25.7 Å². The van der Waals surface area contributed by atoms with Crippen LogP contribution in [0.2, 0.25) is 0 Å². The minimum absolute atomic E-state index is 0.173. The molecule has 4 rings (SSSR count). The third kappa shape index (κ3) is 2.69. The van der Waals surface area contributed by atoms with Crippen LogP contribution < -0.4 is 19.1 Å². The molecule has 2 aromatic rings. The number of hydrogen-bond acceptors (Lipinski definition) is 5. The fraction of sp³-hybridized carbons (Fsp3) is 0.350. The van der Waals surface area contributed by atoms with Gasteiger partial charge in [0.2, 0.25) is 0 Å². The number of carbonyl (C=O) groups is 1. The molecule has 0 aromatic heterocycles. The summed E-state index contributed by atoms with van der Waals surface area (Å²) in [6, 6.07) is 11.8. The summed E-state index contributed by atoms with van der Waals surface area (Å²) < 4.78 is 17.2. The molecular weight excluding hydrogens is 318 g/mol. The van der Waals surface area contributed by atoms with Crippen LogP contribution >= 0.6 is 0 Å². The van der Waals surface area contributed by atoms with E-state index in [0.29, 0.717) is 23.9 Å². The van der Waals surface area contributed by atoms with Crippen LogP contribution in [0.25, 0.3) is 0 Å². The number of benzene rings is 2. The first-order valence-corrected chi connectivity index (χ1v) is 8.55. The minimum atomic E-state index is -0.178. The summed E-state index contributed by atoms with van der Waals surface area (Å²) in [5, 5.41) is 0. The molecule has 0 N–H and O–H groups in total. The molecule has 2 aliphatic heterocycles. The smallest absolute Gasteiger partial charge is 0.334 e. The second kappa shape index (κ2) is 6.31. The van der Waals surface area contributed by atoms with Crippen LogP contribution in [0.1, 0.15) is 24.0 Å². The van der Waals surface area contributed by atoms with Gasteiger partial charge in [-0.05, 0) is 25.3 Å². The largest absolute Gasteiger partial charge is 0.492 e. The predicted octanol–water partition coefficient (Wildman–Crippen LogP) is 3.47. The predicted molar refractivity (Wildman–Crippen MR) is 94.5 cm³/mol. The Balaban J connectivity index is 1.71. The molecule has 0 bridgehead atoms. The highest BCUT2D eigenvalue weighted by atomic mass is 16.5. The van der Waals surface area contributed by atoms with Gasteiger partial charge in [-0.25, -0.2) is 4.79 Å². The van der Waals surface area contributed by atoms with E-state index in [0.717, 1.165) is 36.2 Å². The zero-order chi connectivity index (χ0) is 17.4. The maximum Gasteiger partial charge on any atom is 0.334 e. The molecule has 0 radical (unpaired) electrons. The quantitative estimate of drug-likeness (QED) is 0.630. The lowest BCUT2D eigenvalue weighted by Crippen LogP contribution is -2.42. The molecule has 1 atom stereocenters. The van der Waals surface area contributed by atoms with Crippen molar-refractivity contribution in [3.8, 4) is 17.2 Å². The van der Waals surface area contributed by atoms with Gasteiger partial charge in [-0.15, -0.1) is 0 Å². The van der Waals surface area contributed by atoms with Crippen LogP contribution in [0.4, 0.5) is 5.69 Å². The first kappa shape index (κ1) is 15.8. The Kier molecular flexibility index (Phi) is 3.99. The van der Waals surface area contributed by atoms with Gasteiger partial charge in [-0.3, -0.25) is 0 Å².